The number of hydrogen-bond acceptors (Lipinski definition) is 1. The van der Waals surface area contributed by atoms with Crippen LogP contribution in [0.2, 0.25) is 0 Å². The Labute approximate surface area is 85.9 Å². The molecule has 1 N–H and O–H groups in total. The monoisotopic (exact) mass is 212 g/mol. The molecule has 1 rings (SSSR count). The molecule has 0 spiro atoms. The van der Waals surface area contributed by atoms with Crippen molar-refractivity contribution in [1.29, 1.82) is 0 Å². The smallest absolute Gasteiger partial charge is 0.307 e. The predicted molar refractivity (Wildman–Crippen MR) is 52.7 cm³/mol. The van der Waals surface area contributed by atoms with Gasteiger partial charge < -0.3 is 5.11 Å². The van der Waals surface area contributed by atoms with Gasteiger partial charge in [-0.3, -0.25) is 4.79 Å². The standard InChI is InChI=1S/C11H10F2O2/c12-11(13)9-6-4-8(5-7-9)2-1-3-10(14)15/h1-2,4-7,11H,3H2,(H,14,15). The Morgan fingerprint density at radius 1 is 1.33 bits per heavy atom. The van der Waals surface area contributed by atoms with Crippen molar-refractivity contribution in [1.82, 2.24) is 0 Å². The van der Waals surface area contributed by atoms with Crippen LogP contribution in [0.1, 0.15) is 24.0 Å². The number of rotatable bonds is 4. The number of carboxylic acids is 1. The van der Waals surface area contributed by atoms with E-state index in [9.17, 15) is 13.6 Å². The maximum absolute atomic E-state index is 12.2. The lowest BCUT2D eigenvalue weighted by Gasteiger charge is -1.99. The highest BCUT2D eigenvalue weighted by molar-refractivity contribution is 5.70. The van der Waals surface area contributed by atoms with E-state index < -0.39 is 12.4 Å². The van der Waals surface area contributed by atoms with Crippen molar-refractivity contribution < 1.29 is 18.7 Å². The normalized spacial score (nSPS) is 11.1. The van der Waals surface area contributed by atoms with E-state index in [1.54, 1.807) is 6.08 Å². The van der Waals surface area contributed by atoms with Crippen molar-refractivity contribution in [2.75, 3.05) is 0 Å². The van der Waals surface area contributed by atoms with Crippen LogP contribution in [-0.2, 0) is 4.79 Å². The molecule has 4 heteroatoms. The molecule has 0 radical (unpaired) electrons. The summed E-state index contributed by atoms with van der Waals surface area (Å²) in [6, 6.07) is 5.70. The van der Waals surface area contributed by atoms with E-state index in [1.165, 1.54) is 30.3 Å². The van der Waals surface area contributed by atoms with E-state index in [0.717, 1.165) is 0 Å². The Morgan fingerprint density at radius 3 is 2.40 bits per heavy atom. The van der Waals surface area contributed by atoms with Gasteiger partial charge in [0.15, 0.2) is 0 Å². The first-order valence-electron chi connectivity index (χ1n) is 4.36. The van der Waals surface area contributed by atoms with Gasteiger partial charge in [-0.25, -0.2) is 8.78 Å². The van der Waals surface area contributed by atoms with E-state index in [-0.39, 0.29) is 12.0 Å². The average molecular weight is 212 g/mol. The molecule has 1 aromatic carbocycles. The van der Waals surface area contributed by atoms with Crippen LogP contribution in [0.15, 0.2) is 30.3 Å². The van der Waals surface area contributed by atoms with Crippen LogP contribution in [0.25, 0.3) is 6.08 Å². The van der Waals surface area contributed by atoms with Crippen LogP contribution < -0.4 is 0 Å². The number of carboxylic acid groups (broad SMARTS) is 1. The second-order valence-corrected chi connectivity index (χ2v) is 2.97. The van der Waals surface area contributed by atoms with Crippen LogP contribution >= 0.6 is 0 Å². The Hall–Kier alpha value is -1.71. The molecule has 0 saturated heterocycles. The maximum atomic E-state index is 12.2. The first-order chi connectivity index (χ1) is 7.09. The third-order valence-corrected chi connectivity index (χ3v) is 1.79. The second-order valence-electron chi connectivity index (χ2n) is 2.97. The molecule has 0 fully saturated rings. The Bertz CT molecular complexity index is 355. The van der Waals surface area contributed by atoms with Crippen LogP contribution in [0.4, 0.5) is 8.78 Å². The number of halogens is 2. The zero-order chi connectivity index (χ0) is 11.3. The van der Waals surface area contributed by atoms with Crippen LogP contribution in [0.3, 0.4) is 0 Å². The zero-order valence-electron chi connectivity index (χ0n) is 7.86. The summed E-state index contributed by atoms with van der Waals surface area (Å²) in [4.78, 5) is 10.2. The largest absolute Gasteiger partial charge is 0.481 e. The summed E-state index contributed by atoms with van der Waals surface area (Å²) < 4.78 is 24.3. The summed E-state index contributed by atoms with van der Waals surface area (Å²) in [7, 11) is 0. The van der Waals surface area contributed by atoms with Crippen molar-refractivity contribution in [3.05, 3.63) is 41.5 Å². The Balaban J connectivity index is 2.64. The number of aliphatic carboxylic acids is 1. The summed E-state index contributed by atoms with van der Waals surface area (Å²) in [6.45, 7) is 0. The topological polar surface area (TPSA) is 37.3 Å². The zero-order valence-corrected chi connectivity index (χ0v) is 7.86. The summed E-state index contributed by atoms with van der Waals surface area (Å²) in [5.74, 6) is -0.921. The fourth-order valence-corrected chi connectivity index (χ4v) is 1.05. The van der Waals surface area contributed by atoms with E-state index in [4.69, 9.17) is 5.11 Å². The summed E-state index contributed by atoms with van der Waals surface area (Å²) in [5.41, 5.74) is 0.672. The van der Waals surface area contributed by atoms with Gasteiger partial charge in [-0.1, -0.05) is 36.4 Å². The molecule has 80 valence electrons. The van der Waals surface area contributed by atoms with Crippen LogP contribution in [0, 0.1) is 0 Å². The Morgan fingerprint density at radius 2 is 1.93 bits per heavy atom. The first-order valence-corrected chi connectivity index (χ1v) is 4.36. The predicted octanol–water partition coefficient (Wildman–Crippen LogP) is 3.11. The summed E-state index contributed by atoms with van der Waals surface area (Å²) >= 11 is 0. The SMILES string of the molecule is O=C(O)CC=Cc1ccc(C(F)F)cc1. The molecule has 0 atom stereocenters. The molecule has 15 heavy (non-hydrogen) atoms. The molecule has 0 aromatic heterocycles. The molecule has 0 heterocycles. The van der Waals surface area contributed by atoms with Gasteiger partial charge in [0.1, 0.15) is 0 Å². The highest BCUT2D eigenvalue weighted by Crippen LogP contribution is 2.19. The fraction of sp³-hybridized carbons (Fsp3) is 0.182. The average Bonchev–Trinajstić information content (AvgIpc) is 2.18. The van der Waals surface area contributed by atoms with Gasteiger partial charge in [0.25, 0.3) is 6.43 Å². The number of hydrogen-bond donors (Lipinski definition) is 1. The van der Waals surface area contributed by atoms with Gasteiger partial charge in [-0.05, 0) is 5.56 Å². The van der Waals surface area contributed by atoms with Crippen molar-refractivity contribution in [3.63, 3.8) is 0 Å². The van der Waals surface area contributed by atoms with Crippen molar-refractivity contribution in [3.8, 4) is 0 Å². The van der Waals surface area contributed by atoms with Crippen molar-refractivity contribution in [2.45, 2.75) is 12.8 Å². The summed E-state index contributed by atoms with van der Waals surface area (Å²) in [5, 5.41) is 8.36. The van der Waals surface area contributed by atoms with Gasteiger partial charge >= 0.3 is 5.97 Å². The molecule has 0 aliphatic rings. The van der Waals surface area contributed by atoms with Crippen molar-refractivity contribution >= 4 is 12.0 Å². The molecular formula is C11H10F2O2. The van der Waals surface area contributed by atoms with Gasteiger partial charge in [-0.15, -0.1) is 0 Å². The molecule has 0 saturated carbocycles. The lowest BCUT2D eigenvalue weighted by Crippen LogP contribution is -1.89. The number of benzene rings is 1. The molecule has 0 unspecified atom stereocenters. The van der Waals surface area contributed by atoms with E-state index in [2.05, 4.69) is 0 Å². The minimum Gasteiger partial charge on any atom is -0.481 e. The second kappa shape index (κ2) is 5.24. The molecule has 0 bridgehead atoms. The van der Waals surface area contributed by atoms with Crippen molar-refractivity contribution in [2.24, 2.45) is 0 Å². The third kappa shape index (κ3) is 3.89. The van der Waals surface area contributed by atoms with E-state index in [0.29, 0.717) is 5.56 Å². The quantitative estimate of drug-likeness (QED) is 0.832. The molecular weight excluding hydrogens is 202 g/mol. The highest BCUT2D eigenvalue weighted by atomic mass is 19.3. The lowest BCUT2D eigenvalue weighted by atomic mass is 10.1. The van der Waals surface area contributed by atoms with Gasteiger partial charge in [-0.2, -0.15) is 0 Å². The maximum Gasteiger partial charge on any atom is 0.307 e. The van der Waals surface area contributed by atoms with Crippen LogP contribution in [-0.4, -0.2) is 11.1 Å². The van der Waals surface area contributed by atoms with E-state index in [1.807, 2.05) is 0 Å². The molecule has 0 aliphatic heterocycles. The first kappa shape index (κ1) is 11.4. The third-order valence-electron chi connectivity index (χ3n) is 1.79. The molecule has 0 amide bonds. The molecule has 1 aromatic rings. The lowest BCUT2D eigenvalue weighted by molar-refractivity contribution is -0.135. The minimum atomic E-state index is -2.47. The van der Waals surface area contributed by atoms with Gasteiger partial charge in [0, 0.05) is 5.56 Å². The van der Waals surface area contributed by atoms with Gasteiger partial charge in [0.05, 0.1) is 6.42 Å². The fourth-order valence-electron chi connectivity index (χ4n) is 1.05. The number of carbonyl (C=O) groups is 1. The minimum absolute atomic E-state index is 0.0367. The van der Waals surface area contributed by atoms with Crippen LogP contribution in [0.5, 0.6) is 0 Å². The van der Waals surface area contributed by atoms with Gasteiger partial charge in [0.2, 0.25) is 0 Å². The van der Waals surface area contributed by atoms with E-state index >= 15 is 0 Å². The summed E-state index contributed by atoms with van der Waals surface area (Å²) in [6.07, 6.45) is 0.515. The molecule has 2 nitrogen and oxygen atoms in total. The highest BCUT2D eigenvalue weighted by Gasteiger charge is 2.04. The Kier molecular flexibility index (Phi) is 3.97. The molecule has 0 aliphatic carbocycles. The number of alkyl halides is 2.